The minimum absolute atomic E-state index is 0.0173. The standard InChI is InChI=1S/C14H18N4O/c1-10(7-15-2)14(19)18-12-5-3-11(4-6-12)13-8-16-9-17-13/h3-6,8-10,15H,7H2,1-2H3,(H,16,17)(H,18,19). The summed E-state index contributed by atoms with van der Waals surface area (Å²) in [5.41, 5.74) is 2.80. The molecule has 2 aromatic rings. The number of aromatic nitrogens is 2. The number of H-pyrrole nitrogens is 1. The number of amides is 1. The summed E-state index contributed by atoms with van der Waals surface area (Å²) in [4.78, 5) is 18.9. The summed E-state index contributed by atoms with van der Waals surface area (Å²) in [7, 11) is 1.84. The Bertz CT molecular complexity index is 519. The lowest BCUT2D eigenvalue weighted by molar-refractivity contribution is -0.119. The van der Waals surface area contributed by atoms with Crippen molar-refractivity contribution in [3.63, 3.8) is 0 Å². The highest BCUT2D eigenvalue weighted by Crippen LogP contribution is 2.19. The Morgan fingerprint density at radius 1 is 1.37 bits per heavy atom. The van der Waals surface area contributed by atoms with Gasteiger partial charge >= 0.3 is 0 Å². The van der Waals surface area contributed by atoms with Crippen LogP contribution >= 0.6 is 0 Å². The first-order valence-electron chi connectivity index (χ1n) is 6.25. The van der Waals surface area contributed by atoms with Gasteiger partial charge in [-0.2, -0.15) is 0 Å². The molecule has 1 aromatic carbocycles. The zero-order valence-electron chi connectivity index (χ0n) is 11.1. The maximum Gasteiger partial charge on any atom is 0.228 e. The summed E-state index contributed by atoms with van der Waals surface area (Å²) in [6.07, 6.45) is 3.41. The average molecular weight is 258 g/mol. The molecule has 0 fully saturated rings. The topological polar surface area (TPSA) is 69.8 Å². The van der Waals surface area contributed by atoms with E-state index in [1.165, 1.54) is 0 Å². The Hall–Kier alpha value is -2.14. The molecule has 2 rings (SSSR count). The number of benzene rings is 1. The van der Waals surface area contributed by atoms with Gasteiger partial charge in [0.15, 0.2) is 0 Å². The zero-order valence-corrected chi connectivity index (χ0v) is 11.1. The third kappa shape index (κ3) is 3.42. The largest absolute Gasteiger partial charge is 0.345 e. The lowest BCUT2D eigenvalue weighted by Gasteiger charge is -2.11. The highest BCUT2D eigenvalue weighted by Gasteiger charge is 2.11. The number of nitrogens with zero attached hydrogens (tertiary/aromatic N) is 1. The molecule has 19 heavy (non-hydrogen) atoms. The average Bonchev–Trinajstić information content (AvgIpc) is 2.94. The fourth-order valence-corrected chi connectivity index (χ4v) is 1.81. The van der Waals surface area contributed by atoms with Crippen LogP contribution in [0.2, 0.25) is 0 Å². The predicted octanol–water partition coefficient (Wildman–Crippen LogP) is 1.87. The minimum atomic E-state index is -0.0581. The molecule has 0 radical (unpaired) electrons. The molecular formula is C14H18N4O. The summed E-state index contributed by atoms with van der Waals surface area (Å²) in [5, 5.41) is 5.88. The number of nitrogens with one attached hydrogen (secondary N) is 3. The second-order valence-corrected chi connectivity index (χ2v) is 4.49. The van der Waals surface area contributed by atoms with Crippen molar-refractivity contribution in [2.75, 3.05) is 18.9 Å². The summed E-state index contributed by atoms with van der Waals surface area (Å²) in [6, 6.07) is 7.68. The van der Waals surface area contributed by atoms with Gasteiger partial charge in [-0.15, -0.1) is 0 Å². The Morgan fingerprint density at radius 3 is 2.68 bits per heavy atom. The molecule has 5 nitrogen and oxygen atoms in total. The number of carbonyl (C=O) groups excluding carboxylic acids is 1. The molecule has 5 heteroatoms. The van der Waals surface area contributed by atoms with E-state index in [0.717, 1.165) is 16.9 Å². The molecule has 1 amide bonds. The number of rotatable bonds is 5. The van der Waals surface area contributed by atoms with Crippen LogP contribution in [-0.4, -0.2) is 29.5 Å². The Labute approximate surface area is 112 Å². The number of imidazole rings is 1. The van der Waals surface area contributed by atoms with E-state index >= 15 is 0 Å². The van der Waals surface area contributed by atoms with Crippen LogP contribution in [0.15, 0.2) is 36.8 Å². The smallest absolute Gasteiger partial charge is 0.228 e. The van der Waals surface area contributed by atoms with Crippen LogP contribution in [0.5, 0.6) is 0 Å². The van der Waals surface area contributed by atoms with Gasteiger partial charge in [0.05, 0.1) is 18.2 Å². The van der Waals surface area contributed by atoms with Gasteiger partial charge in [-0.1, -0.05) is 19.1 Å². The quantitative estimate of drug-likeness (QED) is 0.766. The first-order valence-corrected chi connectivity index (χ1v) is 6.25. The molecule has 1 heterocycles. The molecule has 0 aliphatic carbocycles. The molecule has 3 N–H and O–H groups in total. The summed E-state index contributed by atoms with van der Waals surface area (Å²) >= 11 is 0. The minimum Gasteiger partial charge on any atom is -0.345 e. The van der Waals surface area contributed by atoms with E-state index < -0.39 is 0 Å². The van der Waals surface area contributed by atoms with E-state index in [2.05, 4.69) is 20.6 Å². The monoisotopic (exact) mass is 258 g/mol. The van der Waals surface area contributed by atoms with Gasteiger partial charge < -0.3 is 15.6 Å². The summed E-state index contributed by atoms with van der Waals surface area (Å²) in [5.74, 6) is -0.0408. The normalized spacial score (nSPS) is 12.1. The molecule has 1 aromatic heterocycles. The SMILES string of the molecule is CNCC(C)C(=O)Nc1ccc(-c2cnc[nH]2)cc1. The lowest BCUT2D eigenvalue weighted by Crippen LogP contribution is -2.28. The van der Waals surface area contributed by atoms with Crippen molar-refractivity contribution in [1.29, 1.82) is 0 Å². The number of aromatic amines is 1. The summed E-state index contributed by atoms with van der Waals surface area (Å²) in [6.45, 7) is 2.56. The molecule has 1 unspecified atom stereocenters. The molecule has 0 saturated heterocycles. The van der Waals surface area contributed by atoms with Gasteiger partial charge in [-0.05, 0) is 24.7 Å². The van der Waals surface area contributed by atoms with Gasteiger partial charge in [0.2, 0.25) is 5.91 Å². The fraction of sp³-hybridized carbons (Fsp3) is 0.286. The number of hydrogen-bond acceptors (Lipinski definition) is 3. The van der Waals surface area contributed by atoms with Crippen LogP contribution in [0.4, 0.5) is 5.69 Å². The maximum absolute atomic E-state index is 11.8. The van der Waals surface area contributed by atoms with Crippen LogP contribution in [-0.2, 0) is 4.79 Å². The van der Waals surface area contributed by atoms with E-state index in [4.69, 9.17) is 0 Å². The highest BCUT2D eigenvalue weighted by atomic mass is 16.1. The van der Waals surface area contributed by atoms with Gasteiger partial charge in [0, 0.05) is 18.2 Å². The van der Waals surface area contributed by atoms with E-state index in [1.807, 2.05) is 38.2 Å². The van der Waals surface area contributed by atoms with E-state index in [0.29, 0.717) is 6.54 Å². The number of hydrogen-bond donors (Lipinski definition) is 3. The van der Waals surface area contributed by atoms with E-state index in [1.54, 1.807) is 12.5 Å². The van der Waals surface area contributed by atoms with Crippen LogP contribution < -0.4 is 10.6 Å². The molecule has 100 valence electrons. The Morgan fingerprint density at radius 2 is 2.11 bits per heavy atom. The van der Waals surface area contributed by atoms with Crippen molar-refractivity contribution in [3.05, 3.63) is 36.8 Å². The molecule has 1 atom stereocenters. The second-order valence-electron chi connectivity index (χ2n) is 4.49. The van der Waals surface area contributed by atoms with Gasteiger partial charge in [-0.25, -0.2) is 4.98 Å². The summed E-state index contributed by atoms with van der Waals surface area (Å²) < 4.78 is 0. The molecule has 0 bridgehead atoms. The predicted molar refractivity (Wildman–Crippen MR) is 75.7 cm³/mol. The van der Waals surface area contributed by atoms with Crippen LogP contribution in [0, 0.1) is 5.92 Å². The third-order valence-electron chi connectivity index (χ3n) is 2.92. The maximum atomic E-state index is 11.8. The van der Waals surface area contributed by atoms with Gasteiger partial charge in [-0.3, -0.25) is 4.79 Å². The van der Waals surface area contributed by atoms with Crippen molar-refractivity contribution in [2.45, 2.75) is 6.92 Å². The molecular weight excluding hydrogens is 240 g/mol. The second kappa shape index (κ2) is 6.15. The first kappa shape index (κ1) is 13.3. The Balaban J connectivity index is 2.01. The third-order valence-corrected chi connectivity index (χ3v) is 2.92. The highest BCUT2D eigenvalue weighted by molar-refractivity contribution is 5.92. The molecule has 0 saturated carbocycles. The van der Waals surface area contributed by atoms with Gasteiger partial charge in [0.1, 0.15) is 0 Å². The van der Waals surface area contributed by atoms with Crippen molar-refractivity contribution in [3.8, 4) is 11.3 Å². The Kier molecular flexibility index (Phi) is 4.30. The van der Waals surface area contributed by atoms with Crippen LogP contribution in [0.25, 0.3) is 11.3 Å². The van der Waals surface area contributed by atoms with Crippen molar-refractivity contribution < 1.29 is 4.79 Å². The van der Waals surface area contributed by atoms with E-state index in [9.17, 15) is 4.79 Å². The van der Waals surface area contributed by atoms with E-state index in [-0.39, 0.29) is 11.8 Å². The molecule has 0 aliphatic rings. The first-order chi connectivity index (χ1) is 9.20. The van der Waals surface area contributed by atoms with Crippen molar-refractivity contribution in [2.24, 2.45) is 5.92 Å². The molecule has 0 spiro atoms. The van der Waals surface area contributed by atoms with Crippen molar-refractivity contribution >= 4 is 11.6 Å². The van der Waals surface area contributed by atoms with Crippen LogP contribution in [0.3, 0.4) is 0 Å². The fourth-order valence-electron chi connectivity index (χ4n) is 1.81. The lowest BCUT2D eigenvalue weighted by atomic mass is 10.1. The zero-order chi connectivity index (χ0) is 13.7. The molecule has 0 aliphatic heterocycles. The number of carbonyl (C=O) groups is 1. The number of anilines is 1. The van der Waals surface area contributed by atoms with Crippen LogP contribution in [0.1, 0.15) is 6.92 Å². The van der Waals surface area contributed by atoms with Gasteiger partial charge in [0.25, 0.3) is 0 Å². The van der Waals surface area contributed by atoms with Crippen molar-refractivity contribution in [1.82, 2.24) is 15.3 Å².